The molecule has 16 heavy (non-hydrogen) atoms. The van der Waals surface area contributed by atoms with Gasteiger partial charge in [-0.25, -0.2) is 0 Å². The lowest BCUT2D eigenvalue weighted by Crippen LogP contribution is -2.19. The van der Waals surface area contributed by atoms with Crippen molar-refractivity contribution in [1.82, 2.24) is 5.32 Å². The Morgan fingerprint density at radius 2 is 2.31 bits per heavy atom. The fourth-order valence-electron chi connectivity index (χ4n) is 2.07. The molecule has 2 fully saturated rings. The van der Waals surface area contributed by atoms with Crippen molar-refractivity contribution in [1.29, 1.82) is 0 Å². The van der Waals surface area contributed by atoms with Crippen LogP contribution in [0.5, 0.6) is 0 Å². The summed E-state index contributed by atoms with van der Waals surface area (Å²) in [5, 5.41) is 14.4. The number of hydrogen-bond acceptors (Lipinski definition) is 4. The van der Waals surface area contributed by atoms with E-state index in [0.29, 0.717) is 11.8 Å². The average molecular weight is 238 g/mol. The SMILES string of the molecule is O=[N+]([O-])c1ccc(C2CC2CNC2CC2)s1. The van der Waals surface area contributed by atoms with E-state index >= 15 is 0 Å². The molecule has 3 rings (SSSR count). The van der Waals surface area contributed by atoms with Gasteiger partial charge in [-0.05, 0) is 43.7 Å². The number of rotatable bonds is 5. The highest BCUT2D eigenvalue weighted by molar-refractivity contribution is 7.15. The Kier molecular flexibility index (Phi) is 2.44. The molecule has 2 aliphatic rings. The van der Waals surface area contributed by atoms with E-state index < -0.39 is 0 Å². The van der Waals surface area contributed by atoms with Crippen LogP contribution in [0.3, 0.4) is 0 Å². The zero-order chi connectivity index (χ0) is 11.1. The predicted octanol–water partition coefficient (Wildman–Crippen LogP) is 2.51. The highest BCUT2D eigenvalue weighted by Crippen LogP contribution is 2.50. The zero-order valence-electron chi connectivity index (χ0n) is 8.89. The van der Waals surface area contributed by atoms with E-state index in [1.54, 1.807) is 6.07 Å². The van der Waals surface area contributed by atoms with Gasteiger partial charge in [-0.3, -0.25) is 10.1 Å². The second-order valence-corrected chi connectivity index (χ2v) is 5.81. The average Bonchev–Trinajstić information content (AvgIpc) is 3.15. The quantitative estimate of drug-likeness (QED) is 0.633. The fourth-order valence-corrected chi connectivity index (χ4v) is 3.10. The summed E-state index contributed by atoms with van der Waals surface area (Å²) >= 11 is 1.34. The van der Waals surface area contributed by atoms with Crippen molar-refractivity contribution in [3.63, 3.8) is 0 Å². The van der Waals surface area contributed by atoms with Crippen LogP contribution in [0.25, 0.3) is 0 Å². The normalized spacial score (nSPS) is 28.0. The zero-order valence-corrected chi connectivity index (χ0v) is 9.70. The van der Waals surface area contributed by atoms with Gasteiger partial charge in [0.05, 0.1) is 4.92 Å². The minimum absolute atomic E-state index is 0.274. The Morgan fingerprint density at radius 1 is 1.50 bits per heavy atom. The van der Waals surface area contributed by atoms with Gasteiger partial charge in [0, 0.05) is 17.0 Å². The van der Waals surface area contributed by atoms with Gasteiger partial charge in [0.25, 0.3) is 0 Å². The van der Waals surface area contributed by atoms with Gasteiger partial charge >= 0.3 is 5.00 Å². The van der Waals surface area contributed by atoms with Gasteiger partial charge in [0.15, 0.2) is 0 Å². The van der Waals surface area contributed by atoms with Gasteiger partial charge in [-0.1, -0.05) is 11.3 Å². The number of nitrogens with zero attached hydrogens (tertiary/aromatic N) is 1. The second-order valence-electron chi connectivity index (χ2n) is 4.72. The predicted molar refractivity (Wildman–Crippen MR) is 62.8 cm³/mol. The fraction of sp³-hybridized carbons (Fsp3) is 0.636. The van der Waals surface area contributed by atoms with E-state index in [-0.39, 0.29) is 9.92 Å². The second kappa shape index (κ2) is 3.82. The molecule has 0 spiro atoms. The molecule has 2 saturated carbocycles. The van der Waals surface area contributed by atoms with Crippen molar-refractivity contribution in [3.05, 3.63) is 27.1 Å². The molecule has 2 unspecified atom stereocenters. The Balaban J connectivity index is 1.55. The molecule has 0 saturated heterocycles. The molecular weight excluding hydrogens is 224 g/mol. The highest BCUT2D eigenvalue weighted by atomic mass is 32.1. The Hall–Kier alpha value is -0.940. The lowest BCUT2D eigenvalue weighted by molar-refractivity contribution is -0.380. The summed E-state index contributed by atoms with van der Waals surface area (Å²) < 4.78 is 0. The molecule has 0 bridgehead atoms. The van der Waals surface area contributed by atoms with Crippen LogP contribution in [0.1, 0.15) is 30.1 Å². The third-order valence-corrected chi connectivity index (χ3v) is 4.50. The molecule has 1 heterocycles. The van der Waals surface area contributed by atoms with Crippen LogP contribution in [0.2, 0.25) is 0 Å². The molecule has 0 aliphatic heterocycles. The Morgan fingerprint density at radius 3 is 2.94 bits per heavy atom. The molecule has 0 aromatic carbocycles. The maximum absolute atomic E-state index is 10.6. The molecule has 5 heteroatoms. The standard InChI is InChI=1S/C11H14N2O2S/c14-13(15)11-4-3-10(16-11)9-5-7(9)6-12-8-1-2-8/h3-4,7-9,12H,1-2,5-6H2. The molecule has 4 nitrogen and oxygen atoms in total. The Labute approximate surface area is 97.8 Å². The van der Waals surface area contributed by atoms with E-state index in [1.165, 1.54) is 35.5 Å². The van der Waals surface area contributed by atoms with Crippen molar-refractivity contribution in [2.75, 3.05) is 6.54 Å². The van der Waals surface area contributed by atoms with Crippen LogP contribution in [0.15, 0.2) is 12.1 Å². The Bertz CT molecular complexity index is 414. The van der Waals surface area contributed by atoms with E-state index in [4.69, 9.17) is 0 Å². The van der Waals surface area contributed by atoms with Gasteiger partial charge in [-0.15, -0.1) is 0 Å². The summed E-state index contributed by atoms with van der Waals surface area (Å²) in [7, 11) is 0. The number of nitrogens with one attached hydrogen (secondary N) is 1. The molecule has 1 aromatic heterocycles. The minimum Gasteiger partial charge on any atom is -0.314 e. The summed E-state index contributed by atoms with van der Waals surface area (Å²) in [6, 6.07) is 4.31. The van der Waals surface area contributed by atoms with Crippen molar-refractivity contribution in [3.8, 4) is 0 Å². The molecule has 86 valence electrons. The first-order valence-corrected chi connectivity index (χ1v) is 6.53. The van der Waals surface area contributed by atoms with Crippen LogP contribution < -0.4 is 5.32 Å². The summed E-state index contributed by atoms with van der Waals surface area (Å²) in [5.41, 5.74) is 0. The van der Waals surface area contributed by atoms with Crippen LogP contribution in [0, 0.1) is 16.0 Å². The van der Waals surface area contributed by atoms with E-state index in [9.17, 15) is 10.1 Å². The lowest BCUT2D eigenvalue weighted by Gasteiger charge is -1.99. The van der Waals surface area contributed by atoms with Crippen molar-refractivity contribution in [2.24, 2.45) is 5.92 Å². The number of nitro groups is 1. The first kappa shape index (κ1) is 10.2. The molecule has 0 radical (unpaired) electrons. The van der Waals surface area contributed by atoms with Gasteiger partial charge in [0.1, 0.15) is 0 Å². The topological polar surface area (TPSA) is 55.2 Å². The van der Waals surface area contributed by atoms with Crippen LogP contribution >= 0.6 is 11.3 Å². The smallest absolute Gasteiger partial charge is 0.314 e. The maximum atomic E-state index is 10.6. The number of hydrogen-bond donors (Lipinski definition) is 1. The minimum atomic E-state index is -0.298. The van der Waals surface area contributed by atoms with Gasteiger partial charge < -0.3 is 5.32 Å². The molecule has 2 aliphatic carbocycles. The third kappa shape index (κ3) is 2.10. The van der Waals surface area contributed by atoms with E-state index in [2.05, 4.69) is 5.32 Å². The molecule has 2 atom stereocenters. The van der Waals surface area contributed by atoms with Crippen LogP contribution in [0.4, 0.5) is 5.00 Å². The van der Waals surface area contributed by atoms with Crippen LogP contribution in [-0.4, -0.2) is 17.5 Å². The summed E-state index contributed by atoms with van der Waals surface area (Å²) in [5.74, 6) is 1.28. The van der Waals surface area contributed by atoms with E-state index in [1.807, 2.05) is 6.07 Å². The first-order chi connectivity index (χ1) is 7.74. The third-order valence-electron chi connectivity index (χ3n) is 3.33. The highest BCUT2D eigenvalue weighted by Gasteiger charge is 2.40. The maximum Gasteiger partial charge on any atom is 0.324 e. The van der Waals surface area contributed by atoms with Crippen molar-refractivity contribution >= 4 is 16.3 Å². The monoisotopic (exact) mass is 238 g/mol. The largest absolute Gasteiger partial charge is 0.324 e. The lowest BCUT2D eigenvalue weighted by atomic mass is 10.2. The molecular formula is C11H14N2O2S. The van der Waals surface area contributed by atoms with Gasteiger partial charge in [0.2, 0.25) is 0 Å². The molecule has 0 amide bonds. The van der Waals surface area contributed by atoms with E-state index in [0.717, 1.165) is 12.6 Å². The summed E-state index contributed by atoms with van der Waals surface area (Å²) in [6.07, 6.45) is 3.83. The van der Waals surface area contributed by atoms with Crippen LogP contribution in [-0.2, 0) is 0 Å². The summed E-state index contributed by atoms with van der Waals surface area (Å²) in [4.78, 5) is 11.5. The molecule has 1 aromatic rings. The van der Waals surface area contributed by atoms with Crippen molar-refractivity contribution < 1.29 is 4.92 Å². The number of thiophene rings is 1. The van der Waals surface area contributed by atoms with Gasteiger partial charge in [-0.2, -0.15) is 0 Å². The van der Waals surface area contributed by atoms with Crippen molar-refractivity contribution in [2.45, 2.75) is 31.2 Å². The summed E-state index contributed by atoms with van der Waals surface area (Å²) in [6.45, 7) is 1.08. The molecule has 1 N–H and O–H groups in total. The first-order valence-electron chi connectivity index (χ1n) is 5.71.